The predicted octanol–water partition coefficient (Wildman–Crippen LogP) is 3.13. The van der Waals surface area contributed by atoms with Gasteiger partial charge in [-0.15, -0.1) is 0 Å². The van der Waals surface area contributed by atoms with Crippen molar-refractivity contribution >= 4 is 17.9 Å². The molecule has 2 rings (SSSR count). The summed E-state index contributed by atoms with van der Waals surface area (Å²) < 4.78 is 5.54. The third-order valence-electron chi connectivity index (χ3n) is 2.24. The molecule has 0 atom stereocenters. The van der Waals surface area contributed by atoms with Crippen LogP contribution < -0.4 is 4.74 Å². The normalized spacial score (nSPS) is 9.94. The van der Waals surface area contributed by atoms with Crippen LogP contribution in [0, 0.1) is 0 Å². The second kappa shape index (κ2) is 5.46. The van der Waals surface area contributed by atoms with E-state index in [-0.39, 0.29) is 0 Å². The molecular formula is C13H10ClNO2. The maximum absolute atomic E-state index is 10.6. The average molecular weight is 248 g/mol. The van der Waals surface area contributed by atoms with Crippen LogP contribution in [0.15, 0.2) is 42.7 Å². The molecule has 0 N–H and O–H groups in total. The van der Waals surface area contributed by atoms with Gasteiger partial charge in [0.25, 0.3) is 0 Å². The SMILES string of the molecule is O=Cc1cccc(OCc2ccncc2Cl)c1. The number of nitrogens with zero attached hydrogens (tertiary/aromatic N) is 1. The van der Waals surface area contributed by atoms with Crippen molar-refractivity contribution in [3.05, 3.63) is 58.9 Å². The summed E-state index contributed by atoms with van der Waals surface area (Å²) >= 11 is 5.95. The summed E-state index contributed by atoms with van der Waals surface area (Å²) in [6.07, 6.45) is 4.01. The van der Waals surface area contributed by atoms with Crippen molar-refractivity contribution in [3.63, 3.8) is 0 Å². The Labute approximate surface area is 104 Å². The molecule has 0 unspecified atom stereocenters. The first-order valence-corrected chi connectivity index (χ1v) is 5.44. The number of benzene rings is 1. The standard InChI is InChI=1S/C13H10ClNO2/c14-13-7-15-5-4-11(13)9-17-12-3-1-2-10(6-12)8-16/h1-8H,9H2. The first kappa shape index (κ1) is 11.6. The lowest BCUT2D eigenvalue weighted by molar-refractivity contribution is 0.112. The molecule has 0 aliphatic heterocycles. The fourth-order valence-electron chi connectivity index (χ4n) is 1.36. The maximum Gasteiger partial charge on any atom is 0.150 e. The number of pyridine rings is 1. The lowest BCUT2D eigenvalue weighted by Gasteiger charge is -2.07. The number of aldehydes is 1. The van der Waals surface area contributed by atoms with Gasteiger partial charge in [0.2, 0.25) is 0 Å². The van der Waals surface area contributed by atoms with Gasteiger partial charge in [0.15, 0.2) is 0 Å². The van der Waals surface area contributed by atoms with Gasteiger partial charge in [0, 0.05) is 23.5 Å². The van der Waals surface area contributed by atoms with Crippen molar-refractivity contribution in [1.29, 1.82) is 0 Å². The van der Waals surface area contributed by atoms with Crippen LogP contribution in [0.5, 0.6) is 5.75 Å². The zero-order valence-electron chi connectivity index (χ0n) is 8.97. The molecule has 0 bridgehead atoms. The fourth-order valence-corrected chi connectivity index (χ4v) is 1.53. The molecule has 1 aromatic heterocycles. The molecule has 0 aliphatic rings. The van der Waals surface area contributed by atoms with Crippen LogP contribution in [0.25, 0.3) is 0 Å². The van der Waals surface area contributed by atoms with Crippen molar-refractivity contribution in [2.24, 2.45) is 0 Å². The number of halogens is 1. The molecule has 3 nitrogen and oxygen atoms in total. The van der Waals surface area contributed by atoms with E-state index in [1.165, 1.54) is 0 Å². The summed E-state index contributed by atoms with van der Waals surface area (Å²) in [6, 6.07) is 8.77. The van der Waals surface area contributed by atoms with Gasteiger partial charge in [-0.3, -0.25) is 9.78 Å². The van der Waals surface area contributed by atoms with Crippen LogP contribution in [0.3, 0.4) is 0 Å². The second-order valence-corrected chi connectivity index (χ2v) is 3.85. The van der Waals surface area contributed by atoms with Crippen molar-refractivity contribution in [2.75, 3.05) is 0 Å². The summed E-state index contributed by atoms with van der Waals surface area (Å²) in [5.41, 5.74) is 1.45. The van der Waals surface area contributed by atoms with Crippen molar-refractivity contribution in [2.45, 2.75) is 6.61 Å². The number of aromatic nitrogens is 1. The van der Waals surface area contributed by atoms with Crippen LogP contribution in [0.4, 0.5) is 0 Å². The predicted molar refractivity (Wildman–Crippen MR) is 65.4 cm³/mol. The second-order valence-electron chi connectivity index (χ2n) is 3.45. The summed E-state index contributed by atoms with van der Waals surface area (Å²) in [5.74, 6) is 0.641. The van der Waals surface area contributed by atoms with E-state index in [1.54, 1.807) is 42.7 Å². The van der Waals surface area contributed by atoms with Crippen molar-refractivity contribution in [3.8, 4) is 5.75 Å². The highest BCUT2D eigenvalue weighted by atomic mass is 35.5. The highest BCUT2D eigenvalue weighted by Crippen LogP contribution is 2.18. The highest BCUT2D eigenvalue weighted by molar-refractivity contribution is 6.31. The Kier molecular flexibility index (Phi) is 3.73. The van der Waals surface area contributed by atoms with Crippen LogP contribution in [-0.4, -0.2) is 11.3 Å². The van der Waals surface area contributed by atoms with E-state index in [0.29, 0.717) is 22.9 Å². The van der Waals surface area contributed by atoms with E-state index in [1.807, 2.05) is 0 Å². The molecule has 1 heterocycles. The third kappa shape index (κ3) is 3.04. The Morgan fingerprint density at radius 1 is 1.35 bits per heavy atom. The van der Waals surface area contributed by atoms with Gasteiger partial charge in [-0.05, 0) is 18.2 Å². The van der Waals surface area contributed by atoms with E-state index in [0.717, 1.165) is 11.8 Å². The van der Waals surface area contributed by atoms with Gasteiger partial charge in [-0.25, -0.2) is 0 Å². The van der Waals surface area contributed by atoms with E-state index < -0.39 is 0 Å². The Hall–Kier alpha value is -1.87. The third-order valence-corrected chi connectivity index (χ3v) is 2.59. The molecule has 1 aromatic carbocycles. The van der Waals surface area contributed by atoms with Gasteiger partial charge in [0.05, 0.1) is 5.02 Å². The summed E-state index contributed by atoms with van der Waals surface area (Å²) in [7, 11) is 0. The van der Waals surface area contributed by atoms with Crippen LogP contribution in [-0.2, 0) is 6.61 Å². The van der Waals surface area contributed by atoms with Crippen LogP contribution in [0.2, 0.25) is 5.02 Å². The number of rotatable bonds is 4. The Morgan fingerprint density at radius 2 is 2.24 bits per heavy atom. The number of ether oxygens (including phenoxy) is 1. The van der Waals surface area contributed by atoms with Crippen molar-refractivity contribution in [1.82, 2.24) is 4.98 Å². The minimum atomic E-state index is 0.351. The molecule has 17 heavy (non-hydrogen) atoms. The first-order chi connectivity index (χ1) is 8.29. The number of carbonyl (C=O) groups excluding carboxylic acids is 1. The van der Waals surface area contributed by atoms with Crippen LogP contribution >= 0.6 is 11.6 Å². The maximum atomic E-state index is 10.6. The largest absolute Gasteiger partial charge is 0.489 e. The minimum Gasteiger partial charge on any atom is -0.489 e. The van der Waals surface area contributed by atoms with Gasteiger partial charge < -0.3 is 4.74 Å². The molecule has 0 saturated carbocycles. The molecule has 86 valence electrons. The smallest absolute Gasteiger partial charge is 0.150 e. The quantitative estimate of drug-likeness (QED) is 0.780. The number of hydrogen-bond acceptors (Lipinski definition) is 3. The number of carbonyl (C=O) groups is 1. The molecule has 0 fully saturated rings. The lowest BCUT2D eigenvalue weighted by atomic mass is 10.2. The summed E-state index contributed by atoms with van der Waals surface area (Å²) in [6.45, 7) is 0.351. The molecule has 0 saturated heterocycles. The van der Waals surface area contributed by atoms with E-state index in [9.17, 15) is 4.79 Å². The topological polar surface area (TPSA) is 39.2 Å². The minimum absolute atomic E-state index is 0.351. The Balaban J connectivity index is 2.07. The molecular weight excluding hydrogens is 238 g/mol. The van der Waals surface area contributed by atoms with Gasteiger partial charge in [0.1, 0.15) is 18.6 Å². The number of hydrogen-bond donors (Lipinski definition) is 0. The van der Waals surface area contributed by atoms with Crippen molar-refractivity contribution < 1.29 is 9.53 Å². The summed E-state index contributed by atoms with van der Waals surface area (Å²) in [5, 5.41) is 0.569. The van der Waals surface area contributed by atoms with E-state index in [2.05, 4.69) is 4.98 Å². The first-order valence-electron chi connectivity index (χ1n) is 5.06. The highest BCUT2D eigenvalue weighted by Gasteiger charge is 2.01. The molecule has 4 heteroatoms. The molecule has 0 amide bonds. The van der Waals surface area contributed by atoms with E-state index in [4.69, 9.17) is 16.3 Å². The summed E-state index contributed by atoms with van der Waals surface area (Å²) in [4.78, 5) is 14.5. The zero-order valence-corrected chi connectivity index (χ0v) is 9.72. The average Bonchev–Trinajstić information content (AvgIpc) is 2.38. The molecule has 0 spiro atoms. The van der Waals surface area contributed by atoms with Gasteiger partial charge in [-0.1, -0.05) is 23.7 Å². The fraction of sp³-hybridized carbons (Fsp3) is 0.0769. The molecule has 0 radical (unpaired) electrons. The lowest BCUT2D eigenvalue weighted by Crippen LogP contribution is -1.97. The Morgan fingerprint density at radius 3 is 3.00 bits per heavy atom. The van der Waals surface area contributed by atoms with Gasteiger partial charge >= 0.3 is 0 Å². The zero-order chi connectivity index (χ0) is 12.1. The van der Waals surface area contributed by atoms with E-state index >= 15 is 0 Å². The Bertz CT molecular complexity index is 528. The van der Waals surface area contributed by atoms with Crippen LogP contribution in [0.1, 0.15) is 15.9 Å². The monoisotopic (exact) mass is 247 g/mol. The molecule has 0 aliphatic carbocycles. The van der Waals surface area contributed by atoms with Gasteiger partial charge in [-0.2, -0.15) is 0 Å². The molecule has 2 aromatic rings.